The topological polar surface area (TPSA) is 59.4 Å². The highest BCUT2D eigenvalue weighted by Crippen LogP contribution is 2.38. The Kier molecular flexibility index (Phi) is 3.93. The van der Waals surface area contributed by atoms with Gasteiger partial charge in [-0.2, -0.15) is 0 Å². The minimum Gasteiger partial charge on any atom is -0.370 e. The number of nitrogens with zero attached hydrogens (tertiary/aromatic N) is 4. The lowest BCUT2D eigenvalue weighted by atomic mass is 10.2. The Hall–Kier alpha value is -2.04. The highest BCUT2D eigenvalue weighted by Gasteiger charge is 2.27. The van der Waals surface area contributed by atoms with E-state index in [1.54, 1.807) is 0 Å². The smallest absolute Gasteiger partial charge is 0.191 e. The molecule has 1 saturated heterocycles. The van der Waals surface area contributed by atoms with Gasteiger partial charge in [0.05, 0.1) is 11.0 Å². The minimum atomic E-state index is 0.577. The lowest BCUT2D eigenvalue weighted by molar-refractivity contribution is 0.428. The molecule has 2 fully saturated rings. The molecule has 2 N–H and O–H groups in total. The fourth-order valence-corrected chi connectivity index (χ4v) is 3.50. The van der Waals surface area contributed by atoms with Gasteiger partial charge in [-0.25, -0.2) is 9.98 Å². The summed E-state index contributed by atoms with van der Waals surface area (Å²) in [7, 11) is 0. The Morgan fingerprint density at radius 2 is 1.87 bits per heavy atom. The second-order valence-electron chi connectivity index (χ2n) is 6.69. The molecule has 0 radical (unpaired) electrons. The van der Waals surface area contributed by atoms with Crippen LogP contribution in [0.5, 0.6) is 0 Å². The molecule has 4 rings (SSSR count). The summed E-state index contributed by atoms with van der Waals surface area (Å²) in [4.78, 5) is 11.7. The van der Waals surface area contributed by atoms with Crippen molar-refractivity contribution >= 4 is 17.0 Å². The number of hydrogen-bond donors (Lipinski definition) is 1. The third kappa shape index (κ3) is 3.05. The normalized spacial score (nSPS) is 20.0. The van der Waals surface area contributed by atoms with E-state index in [9.17, 15) is 0 Å². The third-order valence-electron chi connectivity index (χ3n) is 4.89. The molecule has 0 amide bonds. The van der Waals surface area contributed by atoms with E-state index in [1.807, 2.05) is 6.07 Å². The molecule has 0 spiro atoms. The molecule has 2 aliphatic rings. The summed E-state index contributed by atoms with van der Waals surface area (Å²) in [6, 6.07) is 8.98. The van der Waals surface area contributed by atoms with Crippen LogP contribution in [0.4, 0.5) is 0 Å². The van der Waals surface area contributed by atoms with Crippen molar-refractivity contribution in [1.29, 1.82) is 0 Å². The minimum absolute atomic E-state index is 0.577. The molecular formula is C18H25N5. The van der Waals surface area contributed by atoms with Gasteiger partial charge in [-0.15, -0.1) is 0 Å². The van der Waals surface area contributed by atoms with Gasteiger partial charge in [-0.1, -0.05) is 25.0 Å². The third-order valence-corrected chi connectivity index (χ3v) is 4.89. The average molecular weight is 311 g/mol. The van der Waals surface area contributed by atoms with Gasteiger partial charge in [0.15, 0.2) is 5.96 Å². The van der Waals surface area contributed by atoms with E-state index in [0.29, 0.717) is 18.5 Å². The second kappa shape index (κ2) is 6.22. The molecule has 1 aliphatic carbocycles. The number of rotatable bonds is 3. The first-order chi connectivity index (χ1) is 11.3. The first-order valence-electron chi connectivity index (χ1n) is 8.83. The van der Waals surface area contributed by atoms with Crippen LogP contribution < -0.4 is 5.73 Å². The zero-order chi connectivity index (χ0) is 15.6. The molecule has 5 nitrogen and oxygen atoms in total. The molecule has 1 aromatic heterocycles. The van der Waals surface area contributed by atoms with E-state index in [2.05, 4.69) is 32.7 Å². The van der Waals surface area contributed by atoms with Crippen molar-refractivity contribution in [3.63, 3.8) is 0 Å². The Morgan fingerprint density at radius 3 is 2.61 bits per heavy atom. The number of imidazole rings is 1. The first-order valence-corrected chi connectivity index (χ1v) is 8.83. The quantitative estimate of drug-likeness (QED) is 0.700. The van der Waals surface area contributed by atoms with E-state index in [1.165, 1.54) is 44.0 Å². The fourth-order valence-electron chi connectivity index (χ4n) is 3.50. The maximum absolute atomic E-state index is 6.24. The van der Waals surface area contributed by atoms with E-state index in [4.69, 9.17) is 10.7 Å². The fraction of sp³-hybridized carbons (Fsp3) is 0.556. The molecular weight excluding hydrogens is 286 g/mol. The zero-order valence-electron chi connectivity index (χ0n) is 13.6. The van der Waals surface area contributed by atoms with Crippen molar-refractivity contribution in [2.75, 3.05) is 13.1 Å². The number of benzene rings is 1. The molecule has 0 unspecified atom stereocenters. The van der Waals surface area contributed by atoms with Crippen LogP contribution in [0.2, 0.25) is 0 Å². The highest BCUT2D eigenvalue weighted by atomic mass is 15.3. The van der Waals surface area contributed by atoms with Crippen LogP contribution in [-0.4, -0.2) is 33.5 Å². The molecule has 5 heteroatoms. The van der Waals surface area contributed by atoms with E-state index in [-0.39, 0.29) is 0 Å². The molecule has 122 valence electrons. The summed E-state index contributed by atoms with van der Waals surface area (Å²) in [6.45, 7) is 2.65. The van der Waals surface area contributed by atoms with Gasteiger partial charge in [-0.3, -0.25) is 0 Å². The number of aromatic nitrogens is 2. The number of likely N-dealkylation sites (tertiary alicyclic amines) is 1. The number of guanidine groups is 1. The second-order valence-corrected chi connectivity index (χ2v) is 6.69. The standard InChI is InChI=1S/C18H25N5/c19-18(22-11-5-1-2-6-12-22)20-13-17-21-15-7-3-4-8-16(15)23(17)14-9-10-14/h3-4,7-8,14H,1-2,5-6,9-13H2,(H2,19,20). The van der Waals surface area contributed by atoms with Gasteiger partial charge in [0.25, 0.3) is 0 Å². The number of aliphatic imine (C=N–C) groups is 1. The molecule has 23 heavy (non-hydrogen) atoms. The SMILES string of the molecule is NC(=NCc1nc2ccccc2n1C1CC1)N1CCCCCC1. The monoisotopic (exact) mass is 311 g/mol. The van der Waals surface area contributed by atoms with Crippen LogP contribution in [0.3, 0.4) is 0 Å². The van der Waals surface area contributed by atoms with Crippen molar-refractivity contribution in [3.05, 3.63) is 30.1 Å². The van der Waals surface area contributed by atoms with Gasteiger partial charge in [-0.05, 0) is 37.8 Å². The van der Waals surface area contributed by atoms with Crippen LogP contribution in [0.1, 0.15) is 50.4 Å². The van der Waals surface area contributed by atoms with Gasteiger partial charge in [0.1, 0.15) is 12.4 Å². The van der Waals surface area contributed by atoms with Crippen molar-refractivity contribution in [3.8, 4) is 0 Å². The molecule has 2 heterocycles. The summed E-state index contributed by atoms with van der Waals surface area (Å²) in [5.74, 6) is 1.73. The molecule has 1 saturated carbocycles. The van der Waals surface area contributed by atoms with Crippen molar-refractivity contribution in [1.82, 2.24) is 14.5 Å². The van der Waals surface area contributed by atoms with Crippen LogP contribution in [0, 0.1) is 0 Å². The van der Waals surface area contributed by atoms with E-state index < -0.39 is 0 Å². The summed E-state index contributed by atoms with van der Waals surface area (Å²) in [5, 5.41) is 0. The predicted octanol–water partition coefficient (Wildman–Crippen LogP) is 3.06. The van der Waals surface area contributed by atoms with Crippen LogP contribution in [0.15, 0.2) is 29.3 Å². The molecule has 0 bridgehead atoms. The number of nitrogens with two attached hydrogens (primary N) is 1. The summed E-state index contributed by atoms with van der Waals surface area (Å²) >= 11 is 0. The number of hydrogen-bond acceptors (Lipinski definition) is 2. The first kappa shape index (κ1) is 14.5. The van der Waals surface area contributed by atoms with E-state index in [0.717, 1.165) is 24.4 Å². The lowest BCUT2D eigenvalue weighted by Gasteiger charge is -2.21. The van der Waals surface area contributed by atoms with Gasteiger partial charge in [0, 0.05) is 19.1 Å². The Labute approximate surface area is 137 Å². The predicted molar refractivity (Wildman–Crippen MR) is 93.4 cm³/mol. The highest BCUT2D eigenvalue weighted by molar-refractivity contribution is 5.78. The zero-order valence-corrected chi connectivity index (χ0v) is 13.6. The molecule has 0 atom stereocenters. The summed E-state index contributed by atoms with van der Waals surface area (Å²) in [5.41, 5.74) is 8.54. The van der Waals surface area contributed by atoms with Crippen molar-refractivity contribution in [2.24, 2.45) is 10.7 Å². The largest absolute Gasteiger partial charge is 0.370 e. The number of fused-ring (bicyclic) bond motifs is 1. The molecule has 1 aromatic carbocycles. The van der Waals surface area contributed by atoms with Gasteiger partial charge < -0.3 is 15.2 Å². The Bertz CT molecular complexity index is 705. The summed E-state index contributed by atoms with van der Waals surface area (Å²) in [6.07, 6.45) is 7.55. The van der Waals surface area contributed by atoms with Crippen LogP contribution in [0.25, 0.3) is 11.0 Å². The maximum atomic E-state index is 6.24. The van der Waals surface area contributed by atoms with Gasteiger partial charge in [0.2, 0.25) is 0 Å². The van der Waals surface area contributed by atoms with E-state index >= 15 is 0 Å². The summed E-state index contributed by atoms with van der Waals surface area (Å²) < 4.78 is 2.37. The van der Waals surface area contributed by atoms with Crippen LogP contribution in [-0.2, 0) is 6.54 Å². The lowest BCUT2D eigenvalue weighted by Crippen LogP contribution is -2.38. The maximum Gasteiger partial charge on any atom is 0.191 e. The van der Waals surface area contributed by atoms with Crippen LogP contribution >= 0.6 is 0 Å². The van der Waals surface area contributed by atoms with Crippen molar-refractivity contribution in [2.45, 2.75) is 51.1 Å². The molecule has 1 aliphatic heterocycles. The Morgan fingerprint density at radius 1 is 1.13 bits per heavy atom. The Balaban J connectivity index is 1.57. The van der Waals surface area contributed by atoms with Crippen molar-refractivity contribution < 1.29 is 0 Å². The molecule has 2 aromatic rings. The average Bonchev–Trinajstić information content (AvgIpc) is 3.37. The number of para-hydroxylation sites is 2. The van der Waals surface area contributed by atoms with Gasteiger partial charge >= 0.3 is 0 Å².